The van der Waals surface area contributed by atoms with Crippen molar-refractivity contribution in [2.75, 3.05) is 6.54 Å². The standard InChI is InChI=1S/C16H25N/c1-6-16(5,12-17-13(2)3)11-15-9-7-8-14(4)10-15/h6-10,13,17H,1,11-12H2,2-5H3. The van der Waals surface area contributed by atoms with Crippen molar-refractivity contribution in [3.8, 4) is 0 Å². The minimum absolute atomic E-state index is 0.123. The van der Waals surface area contributed by atoms with Gasteiger partial charge in [-0.15, -0.1) is 6.58 Å². The van der Waals surface area contributed by atoms with Crippen LogP contribution in [0, 0.1) is 12.3 Å². The van der Waals surface area contributed by atoms with E-state index < -0.39 is 0 Å². The first kappa shape index (κ1) is 14.0. The van der Waals surface area contributed by atoms with Crippen molar-refractivity contribution in [3.63, 3.8) is 0 Å². The molecule has 1 nitrogen and oxygen atoms in total. The highest BCUT2D eigenvalue weighted by Gasteiger charge is 2.20. The number of aryl methyl sites for hydroxylation is 1. The second-order valence-corrected chi connectivity index (χ2v) is 5.56. The van der Waals surface area contributed by atoms with Gasteiger partial charge in [-0.1, -0.05) is 56.7 Å². The van der Waals surface area contributed by atoms with Crippen molar-refractivity contribution in [1.29, 1.82) is 0 Å². The average Bonchev–Trinajstić information content (AvgIpc) is 2.26. The summed E-state index contributed by atoms with van der Waals surface area (Å²) >= 11 is 0. The number of nitrogens with one attached hydrogen (secondary N) is 1. The van der Waals surface area contributed by atoms with Crippen molar-refractivity contribution in [2.45, 2.75) is 40.2 Å². The van der Waals surface area contributed by atoms with Gasteiger partial charge in [0.15, 0.2) is 0 Å². The van der Waals surface area contributed by atoms with Crippen molar-refractivity contribution in [2.24, 2.45) is 5.41 Å². The van der Waals surface area contributed by atoms with E-state index in [0.717, 1.165) is 13.0 Å². The van der Waals surface area contributed by atoms with E-state index in [9.17, 15) is 0 Å². The highest BCUT2D eigenvalue weighted by atomic mass is 14.9. The molecule has 94 valence electrons. The van der Waals surface area contributed by atoms with Crippen LogP contribution in [0.1, 0.15) is 31.9 Å². The molecule has 1 heteroatoms. The smallest absolute Gasteiger partial charge is 0.00453 e. The van der Waals surface area contributed by atoms with Gasteiger partial charge in [-0.2, -0.15) is 0 Å². The Hall–Kier alpha value is -1.08. The molecule has 1 aromatic carbocycles. The molecule has 0 radical (unpaired) electrons. The Labute approximate surface area is 106 Å². The molecule has 0 aliphatic rings. The van der Waals surface area contributed by atoms with Crippen LogP contribution in [0.5, 0.6) is 0 Å². The molecule has 0 aliphatic heterocycles. The van der Waals surface area contributed by atoms with Crippen molar-refractivity contribution in [3.05, 3.63) is 48.0 Å². The van der Waals surface area contributed by atoms with E-state index in [-0.39, 0.29) is 5.41 Å². The minimum atomic E-state index is 0.123. The van der Waals surface area contributed by atoms with Gasteiger partial charge in [-0.05, 0) is 18.9 Å². The highest BCUT2D eigenvalue weighted by Crippen LogP contribution is 2.23. The minimum Gasteiger partial charge on any atom is -0.314 e. The molecule has 0 saturated heterocycles. The lowest BCUT2D eigenvalue weighted by molar-refractivity contribution is 0.373. The maximum Gasteiger partial charge on any atom is 0.00453 e. The van der Waals surface area contributed by atoms with E-state index in [1.54, 1.807) is 0 Å². The van der Waals surface area contributed by atoms with Crippen LogP contribution in [0.15, 0.2) is 36.9 Å². The van der Waals surface area contributed by atoms with E-state index in [1.165, 1.54) is 11.1 Å². The summed E-state index contributed by atoms with van der Waals surface area (Å²) in [5.74, 6) is 0. The fourth-order valence-electron chi connectivity index (χ4n) is 1.93. The third kappa shape index (κ3) is 4.74. The SMILES string of the molecule is C=CC(C)(CNC(C)C)Cc1cccc(C)c1. The summed E-state index contributed by atoms with van der Waals surface area (Å²) in [6.07, 6.45) is 3.11. The Morgan fingerprint density at radius 3 is 2.65 bits per heavy atom. The molecule has 0 aromatic heterocycles. The first-order valence-corrected chi connectivity index (χ1v) is 6.38. The fraction of sp³-hybridized carbons (Fsp3) is 0.500. The fourth-order valence-corrected chi connectivity index (χ4v) is 1.93. The Morgan fingerprint density at radius 1 is 1.41 bits per heavy atom. The van der Waals surface area contributed by atoms with Gasteiger partial charge >= 0.3 is 0 Å². The molecule has 0 spiro atoms. The van der Waals surface area contributed by atoms with Gasteiger partial charge < -0.3 is 5.32 Å². The summed E-state index contributed by atoms with van der Waals surface area (Å²) in [5.41, 5.74) is 2.83. The van der Waals surface area contributed by atoms with Gasteiger partial charge in [-0.3, -0.25) is 0 Å². The second kappa shape index (κ2) is 6.02. The zero-order valence-electron chi connectivity index (χ0n) is 11.6. The Balaban J connectivity index is 2.71. The van der Waals surface area contributed by atoms with Crippen molar-refractivity contribution >= 4 is 0 Å². The molecule has 0 heterocycles. The monoisotopic (exact) mass is 231 g/mol. The van der Waals surface area contributed by atoms with Crippen LogP contribution in [0.25, 0.3) is 0 Å². The molecule has 0 fully saturated rings. The van der Waals surface area contributed by atoms with E-state index >= 15 is 0 Å². The van der Waals surface area contributed by atoms with Crippen LogP contribution >= 0.6 is 0 Å². The maximum atomic E-state index is 3.99. The van der Waals surface area contributed by atoms with E-state index in [1.807, 2.05) is 0 Å². The van der Waals surface area contributed by atoms with Crippen LogP contribution in [0.4, 0.5) is 0 Å². The third-order valence-electron chi connectivity index (χ3n) is 3.10. The molecule has 1 N–H and O–H groups in total. The van der Waals surface area contributed by atoms with Crippen molar-refractivity contribution in [1.82, 2.24) is 5.32 Å². The molecular formula is C16H25N. The first-order valence-electron chi connectivity index (χ1n) is 6.38. The summed E-state index contributed by atoms with van der Waals surface area (Å²) in [4.78, 5) is 0. The normalized spacial score (nSPS) is 14.6. The van der Waals surface area contributed by atoms with Crippen LogP contribution in [0.3, 0.4) is 0 Å². The molecule has 0 aliphatic carbocycles. The van der Waals surface area contributed by atoms with E-state index in [0.29, 0.717) is 6.04 Å². The maximum absolute atomic E-state index is 3.99. The van der Waals surface area contributed by atoms with Crippen LogP contribution in [-0.4, -0.2) is 12.6 Å². The predicted molar refractivity (Wildman–Crippen MR) is 76.3 cm³/mol. The summed E-state index contributed by atoms with van der Waals surface area (Å²) in [7, 11) is 0. The molecular weight excluding hydrogens is 206 g/mol. The van der Waals surface area contributed by atoms with Crippen LogP contribution < -0.4 is 5.32 Å². The van der Waals surface area contributed by atoms with Gasteiger partial charge in [0.25, 0.3) is 0 Å². The molecule has 0 saturated carbocycles. The molecule has 1 unspecified atom stereocenters. The second-order valence-electron chi connectivity index (χ2n) is 5.56. The van der Waals surface area contributed by atoms with E-state index in [2.05, 4.69) is 69.9 Å². The molecule has 17 heavy (non-hydrogen) atoms. The van der Waals surface area contributed by atoms with Crippen LogP contribution in [0.2, 0.25) is 0 Å². The quantitative estimate of drug-likeness (QED) is 0.736. The molecule has 0 amide bonds. The zero-order chi connectivity index (χ0) is 12.9. The average molecular weight is 231 g/mol. The summed E-state index contributed by atoms with van der Waals surface area (Å²) in [5, 5.41) is 3.50. The first-order chi connectivity index (χ1) is 7.95. The van der Waals surface area contributed by atoms with Crippen LogP contribution in [-0.2, 0) is 6.42 Å². The number of hydrogen-bond acceptors (Lipinski definition) is 1. The van der Waals surface area contributed by atoms with Gasteiger partial charge in [-0.25, -0.2) is 0 Å². The lowest BCUT2D eigenvalue weighted by atomic mass is 9.83. The number of hydrogen-bond donors (Lipinski definition) is 1. The Morgan fingerprint density at radius 2 is 2.12 bits per heavy atom. The molecule has 1 aromatic rings. The number of benzene rings is 1. The number of rotatable bonds is 6. The van der Waals surface area contributed by atoms with Crippen molar-refractivity contribution < 1.29 is 0 Å². The summed E-state index contributed by atoms with van der Waals surface area (Å²) in [6, 6.07) is 9.25. The van der Waals surface area contributed by atoms with Gasteiger partial charge in [0.2, 0.25) is 0 Å². The summed E-state index contributed by atoms with van der Waals surface area (Å²) < 4.78 is 0. The molecule has 1 atom stereocenters. The zero-order valence-corrected chi connectivity index (χ0v) is 11.6. The Bertz CT molecular complexity index is 368. The van der Waals surface area contributed by atoms with Gasteiger partial charge in [0, 0.05) is 18.0 Å². The lowest BCUT2D eigenvalue weighted by Gasteiger charge is -2.27. The largest absolute Gasteiger partial charge is 0.314 e. The third-order valence-corrected chi connectivity index (χ3v) is 3.10. The molecule has 1 rings (SSSR count). The lowest BCUT2D eigenvalue weighted by Crippen LogP contribution is -2.35. The Kier molecular flexibility index (Phi) is 4.95. The summed E-state index contributed by atoms with van der Waals surface area (Å²) in [6.45, 7) is 13.7. The van der Waals surface area contributed by atoms with Gasteiger partial charge in [0.05, 0.1) is 0 Å². The molecule has 0 bridgehead atoms. The topological polar surface area (TPSA) is 12.0 Å². The predicted octanol–water partition coefficient (Wildman–Crippen LogP) is 3.73. The van der Waals surface area contributed by atoms with E-state index in [4.69, 9.17) is 0 Å². The highest BCUT2D eigenvalue weighted by molar-refractivity contribution is 5.24. The van der Waals surface area contributed by atoms with Gasteiger partial charge in [0.1, 0.15) is 0 Å².